The molecule has 28 heavy (non-hydrogen) atoms. The Hall–Kier alpha value is -2.96. The average molecular weight is 384 g/mol. The second-order valence-electron chi connectivity index (χ2n) is 5.95. The topological polar surface area (TPSA) is 83.0 Å². The van der Waals surface area contributed by atoms with Crippen LogP contribution in [0, 0.1) is 0 Å². The molecule has 0 saturated carbocycles. The van der Waals surface area contributed by atoms with Gasteiger partial charge in [-0.1, -0.05) is 12.2 Å². The van der Waals surface area contributed by atoms with Crippen LogP contribution < -0.4 is 20.4 Å². The van der Waals surface area contributed by atoms with Crippen molar-refractivity contribution in [2.45, 2.75) is 26.7 Å². The fourth-order valence-corrected chi connectivity index (χ4v) is 2.71. The summed E-state index contributed by atoms with van der Waals surface area (Å²) in [5, 5.41) is 18.9. The van der Waals surface area contributed by atoms with E-state index in [9.17, 15) is 10.4 Å². The van der Waals surface area contributed by atoms with Crippen LogP contribution in [-0.4, -0.2) is 23.6 Å². The van der Waals surface area contributed by atoms with E-state index >= 15 is 0 Å². The van der Waals surface area contributed by atoms with E-state index in [1.54, 1.807) is 0 Å². The monoisotopic (exact) mass is 384 g/mol. The van der Waals surface area contributed by atoms with E-state index in [-0.39, 0.29) is 0 Å². The maximum Gasteiger partial charge on any atom is 0.119 e. The molecule has 6 heteroatoms. The van der Waals surface area contributed by atoms with Crippen molar-refractivity contribution < 1.29 is 19.9 Å². The summed E-state index contributed by atoms with van der Waals surface area (Å²) in [6, 6.07) is 15.0. The van der Waals surface area contributed by atoms with Gasteiger partial charge in [-0.25, -0.2) is 0 Å². The lowest BCUT2D eigenvalue weighted by Crippen LogP contribution is -2.06. The number of nitrogens with one attached hydrogen (secondary N) is 2. The molecule has 0 radical (unpaired) electrons. The third-order valence-electron chi connectivity index (χ3n) is 4.06. The number of allylic oxidation sites excluding steroid dienone is 2. The van der Waals surface area contributed by atoms with Gasteiger partial charge in [-0.3, -0.25) is 21.4 Å². The number of hydroxylamine groups is 2. The number of hydrogen-bond donors (Lipinski definition) is 4. The van der Waals surface area contributed by atoms with Crippen molar-refractivity contribution in [2.24, 2.45) is 0 Å². The molecule has 2 aromatic rings. The fourth-order valence-electron chi connectivity index (χ4n) is 2.71. The Bertz CT molecular complexity index is 701. The van der Waals surface area contributed by atoms with Crippen molar-refractivity contribution in [2.75, 3.05) is 13.2 Å². The van der Waals surface area contributed by atoms with E-state index in [2.05, 4.69) is 11.0 Å². The number of unbranched alkanes of at least 4 members (excludes halogenated alkanes) is 1. The second-order valence-corrected chi connectivity index (χ2v) is 5.95. The van der Waals surface area contributed by atoms with Crippen LogP contribution in [0.25, 0.3) is 11.4 Å². The van der Waals surface area contributed by atoms with Gasteiger partial charge >= 0.3 is 0 Å². The molecule has 0 bridgehead atoms. The first-order valence-electron chi connectivity index (χ1n) is 9.38. The lowest BCUT2D eigenvalue weighted by Gasteiger charge is -2.09. The molecule has 0 spiro atoms. The summed E-state index contributed by atoms with van der Waals surface area (Å²) in [6.45, 7) is 5.10. The minimum absolute atomic E-state index is 0.613. The largest absolute Gasteiger partial charge is 0.494 e. The molecule has 2 rings (SSSR count). The van der Waals surface area contributed by atoms with Gasteiger partial charge in [-0.05, 0) is 86.3 Å². The highest BCUT2D eigenvalue weighted by atomic mass is 16.5. The predicted molar refractivity (Wildman–Crippen MR) is 110 cm³/mol. The van der Waals surface area contributed by atoms with Gasteiger partial charge in [0.1, 0.15) is 11.5 Å². The van der Waals surface area contributed by atoms with Crippen molar-refractivity contribution in [1.29, 1.82) is 0 Å². The van der Waals surface area contributed by atoms with Crippen LogP contribution in [0.5, 0.6) is 11.5 Å². The Morgan fingerprint density at radius 1 is 0.714 bits per heavy atom. The van der Waals surface area contributed by atoms with Crippen molar-refractivity contribution in [3.05, 3.63) is 71.8 Å². The van der Waals surface area contributed by atoms with E-state index in [1.165, 1.54) is 0 Å². The zero-order valence-corrected chi connectivity index (χ0v) is 16.3. The van der Waals surface area contributed by atoms with Gasteiger partial charge < -0.3 is 9.47 Å². The minimum Gasteiger partial charge on any atom is -0.494 e. The van der Waals surface area contributed by atoms with Crippen LogP contribution in [0.1, 0.15) is 37.8 Å². The molecule has 0 unspecified atom stereocenters. The molecular formula is C22H28N2O4. The standard InChI is InChI=1S/C22H28N2O4/c1-3-27-19-13-9-17(10-14-19)21(23-25)7-5-6-8-22(24-26)18-11-15-20(16-12-18)28-4-2/h7-16,23-26H,3-6H2,1-2H3/b21-7+,22-8+. The van der Waals surface area contributed by atoms with E-state index in [4.69, 9.17) is 9.47 Å². The zero-order valence-electron chi connectivity index (χ0n) is 16.3. The van der Waals surface area contributed by atoms with Crippen LogP contribution in [-0.2, 0) is 0 Å². The van der Waals surface area contributed by atoms with E-state index < -0.39 is 0 Å². The molecule has 0 aliphatic heterocycles. The maximum absolute atomic E-state index is 9.43. The van der Waals surface area contributed by atoms with E-state index in [0.29, 0.717) is 37.4 Å². The summed E-state index contributed by atoms with van der Waals surface area (Å²) in [5.41, 5.74) is 7.45. The molecule has 4 N–H and O–H groups in total. The molecular weight excluding hydrogens is 356 g/mol. The third-order valence-corrected chi connectivity index (χ3v) is 4.06. The quantitative estimate of drug-likeness (QED) is 0.335. The van der Waals surface area contributed by atoms with Crippen molar-refractivity contribution >= 4 is 11.4 Å². The maximum atomic E-state index is 9.43. The first-order chi connectivity index (χ1) is 13.7. The molecule has 2 aromatic carbocycles. The summed E-state index contributed by atoms with van der Waals surface area (Å²) in [7, 11) is 0. The Labute approximate surface area is 166 Å². The van der Waals surface area contributed by atoms with Crippen LogP contribution in [0.15, 0.2) is 60.7 Å². The Morgan fingerprint density at radius 2 is 1.07 bits per heavy atom. The van der Waals surface area contributed by atoms with Crippen LogP contribution in [0.4, 0.5) is 0 Å². The summed E-state index contributed by atoms with van der Waals surface area (Å²) in [6.07, 6.45) is 5.16. The lowest BCUT2D eigenvalue weighted by molar-refractivity contribution is 0.224. The van der Waals surface area contributed by atoms with Crippen LogP contribution in [0.2, 0.25) is 0 Å². The lowest BCUT2D eigenvalue weighted by atomic mass is 10.1. The first-order valence-corrected chi connectivity index (χ1v) is 9.38. The molecule has 150 valence electrons. The first kappa shape index (κ1) is 21.3. The normalized spacial score (nSPS) is 11.9. The van der Waals surface area contributed by atoms with Crippen molar-refractivity contribution in [1.82, 2.24) is 11.0 Å². The molecule has 0 atom stereocenters. The summed E-state index contributed by atoms with van der Waals surface area (Å²) in [4.78, 5) is 0. The molecule has 6 nitrogen and oxygen atoms in total. The highest BCUT2D eigenvalue weighted by Crippen LogP contribution is 2.20. The molecule has 0 aliphatic carbocycles. The number of hydrogen-bond acceptors (Lipinski definition) is 6. The summed E-state index contributed by atoms with van der Waals surface area (Å²) < 4.78 is 10.9. The van der Waals surface area contributed by atoms with Gasteiger partial charge in [-0.2, -0.15) is 0 Å². The SMILES string of the molecule is CCOc1ccc(/C(=C\CC/C=C(/NO)c2ccc(OCC)cc2)NO)cc1. The molecule has 0 amide bonds. The Kier molecular flexibility index (Phi) is 8.91. The molecule has 0 aromatic heterocycles. The summed E-state index contributed by atoms with van der Waals surface area (Å²) in [5.74, 6) is 1.58. The number of benzene rings is 2. The third kappa shape index (κ3) is 6.33. The number of ether oxygens (including phenoxy) is 2. The van der Waals surface area contributed by atoms with Crippen molar-refractivity contribution in [3.8, 4) is 11.5 Å². The van der Waals surface area contributed by atoms with E-state index in [1.807, 2.05) is 74.5 Å². The molecule has 0 fully saturated rings. The molecule has 0 heterocycles. The highest BCUT2D eigenvalue weighted by molar-refractivity contribution is 5.65. The number of rotatable bonds is 11. The highest BCUT2D eigenvalue weighted by Gasteiger charge is 2.03. The average Bonchev–Trinajstić information content (AvgIpc) is 2.73. The van der Waals surface area contributed by atoms with Gasteiger partial charge in [0.2, 0.25) is 0 Å². The Morgan fingerprint density at radius 3 is 1.36 bits per heavy atom. The zero-order chi connectivity index (χ0) is 20.2. The second kappa shape index (κ2) is 11.7. The van der Waals surface area contributed by atoms with Gasteiger partial charge in [0, 0.05) is 0 Å². The van der Waals surface area contributed by atoms with Crippen LogP contribution in [0.3, 0.4) is 0 Å². The van der Waals surface area contributed by atoms with Gasteiger partial charge in [-0.15, -0.1) is 0 Å². The Balaban J connectivity index is 1.99. The van der Waals surface area contributed by atoms with E-state index in [0.717, 1.165) is 22.6 Å². The summed E-state index contributed by atoms with van der Waals surface area (Å²) >= 11 is 0. The molecule has 0 aliphatic rings. The van der Waals surface area contributed by atoms with Gasteiger partial charge in [0.05, 0.1) is 24.6 Å². The minimum atomic E-state index is 0.613. The van der Waals surface area contributed by atoms with Crippen molar-refractivity contribution in [3.63, 3.8) is 0 Å². The predicted octanol–water partition coefficient (Wildman–Crippen LogP) is 4.60. The fraction of sp³-hybridized carbons (Fsp3) is 0.273. The van der Waals surface area contributed by atoms with Gasteiger partial charge in [0.25, 0.3) is 0 Å². The molecule has 0 saturated heterocycles. The van der Waals surface area contributed by atoms with Crippen LogP contribution >= 0.6 is 0 Å². The van der Waals surface area contributed by atoms with Gasteiger partial charge in [0.15, 0.2) is 0 Å². The smallest absolute Gasteiger partial charge is 0.119 e.